The van der Waals surface area contributed by atoms with Crippen LogP contribution in [0.5, 0.6) is 11.5 Å². The molecule has 2 nitrogen and oxygen atoms in total. The molecule has 0 radical (unpaired) electrons. The molecule has 0 spiro atoms. The molecule has 0 fully saturated rings. The monoisotopic (exact) mass is 303 g/mol. The van der Waals surface area contributed by atoms with Gasteiger partial charge >= 0.3 is 0 Å². The van der Waals surface area contributed by atoms with Gasteiger partial charge in [0.05, 0.1) is 5.69 Å². The standard InChI is InChI=1S/C19H17NOSi/c1-22(2)18-12-4-3-10-16(18)21-17-11-7-8-14(19(17)22)15-9-5-6-13-20-15/h3-13H,1-2H3. The molecule has 0 amide bonds. The Morgan fingerprint density at radius 2 is 1.59 bits per heavy atom. The van der Waals surface area contributed by atoms with Crippen molar-refractivity contribution in [2.45, 2.75) is 13.1 Å². The van der Waals surface area contributed by atoms with Gasteiger partial charge in [0.15, 0.2) is 0 Å². The second-order valence-corrected chi connectivity index (χ2v) is 10.4. The van der Waals surface area contributed by atoms with Crippen LogP contribution in [0.2, 0.25) is 13.1 Å². The van der Waals surface area contributed by atoms with Crippen LogP contribution >= 0.6 is 0 Å². The van der Waals surface area contributed by atoms with Gasteiger partial charge in [0, 0.05) is 11.8 Å². The van der Waals surface area contributed by atoms with Crippen molar-refractivity contribution in [3.05, 3.63) is 66.9 Å². The fraction of sp³-hybridized carbons (Fsp3) is 0.105. The zero-order chi connectivity index (χ0) is 15.2. The lowest BCUT2D eigenvalue weighted by Crippen LogP contribution is -2.56. The summed E-state index contributed by atoms with van der Waals surface area (Å²) in [6.07, 6.45) is 1.85. The fourth-order valence-corrected chi connectivity index (χ4v) is 6.49. The van der Waals surface area contributed by atoms with E-state index in [2.05, 4.69) is 60.5 Å². The molecule has 0 saturated heterocycles. The first-order valence-corrected chi connectivity index (χ1v) is 10.5. The number of fused-ring (bicyclic) bond motifs is 2. The average molecular weight is 303 g/mol. The molecule has 2 aromatic carbocycles. The Morgan fingerprint density at radius 3 is 2.41 bits per heavy atom. The van der Waals surface area contributed by atoms with Gasteiger partial charge in [0.2, 0.25) is 0 Å². The minimum atomic E-state index is -1.82. The number of hydrogen-bond donors (Lipinski definition) is 0. The molecule has 0 saturated carbocycles. The van der Waals surface area contributed by atoms with E-state index in [0.29, 0.717) is 0 Å². The molecule has 3 heteroatoms. The Labute approximate surface area is 131 Å². The predicted octanol–water partition coefficient (Wildman–Crippen LogP) is 3.68. The second kappa shape index (κ2) is 4.82. The van der Waals surface area contributed by atoms with Crippen molar-refractivity contribution in [1.82, 2.24) is 4.98 Å². The van der Waals surface area contributed by atoms with Crippen LogP contribution in [-0.2, 0) is 0 Å². The van der Waals surface area contributed by atoms with E-state index in [1.54, 1.807) is 0 Å². The third-order valence-corrected chi connectivity index (χ3v) is 7.90. The largest absolute Gasteiger partial charge is 0.458 e. The van der Waals surface area contributed by atoms with Gasteiger partial charge in [-0.3, -0.25) is 4.98 Å². The normalized spacial score (nSPS) is 14.6. The summed E-state index contributed by atoms with van der Waals surface area (Å²) in [5.41, 5.74) is 2.21. The third-order valence-electron chi connectivity index (χ3n) is 4.37. The summed E-state index contributed by atoms with van der Waals surface area (Å²) in [6, 6.07) is 20.8. The van der Waals surface area contributed by atoms with Gasteiger partial charge in [-0.05, 0) is 34.6 Å². The van der Waals surface area contributed by atoms with E-state index < -0.39 is 8.07 Å². The Hall–Kier alpha value is -2.39. The quantitative estimate of drug-likeness (QED) is 0.640. The fourth-order valence-electron chi connectivity index (χ4n) is 3.32. The van der Waals surface area contributed by atoms with E-state index in [-0.39, 0.29) is 0 Å². The van der Waals surface area contributed by atoms with Crippen molar-refractivity contribution in [1.29, 1.82) is 0 Å². The molecular formula is C19H17NOSi. The maximum absolute atomic E-state index is 6.18. The number of para-hydroxylation sites is 1. The number of aromatic nitrogens is 1. The highest BCUT2D eigenvalue weighted by molar-refractivity contribution is 7.02. The van der Waals surface area contributed by atoms with Crippen LogP contribution in [0.15, 0.2) is 66.9 Å². The first-order chi connectivity index (χ1) is 10.7. The van der Waals surface area contributed by atoms with Crippen LogP contribution in [0.25, 0.3) is 11.3 Å². The molecule has 0 aliphatic carbocycles. The maximum atomic E-state index is 6.18. The molecule has 2 heterocycles. The lowest BCUT2D eigenvalue weighted by molar-refractivity contribution is 0.487. The number of nitrogens with zero attached hydrogens (tertiary/aromatic N) is 1. The van der Waals surface area contributed by atoms with Crippen molar-refractivity contribution in [3.63, 3.8) is 0 Å². The van der Waals surface area contributed by atoms with E-state index >= 15 is 0 Å². The van der Waals surface area contributed by atoms with Crippen molar-refractivity contribution in [3.8, 4) is 22.8 Å². The van der Waals surface area contributed by atoms with Crippen LogP contribution in [0.4, 0.5) is 0 Å². The topological polar surface area (TPSA) is 22.1 Å². The first-order valence-electron chi connectivity index (χ1n) is 7.50. The van der Waals surface area contributed by atoms with Gasteiger partial charge in [-0.15, -0.1) is 0 Å². The summed E-state index contributed by atoms with van der Waals surface area (Å²) in [6.45, 7) is 4.78. The number of hydrogen-bond acceptors (Lipinski definition) is 2. The predicted molar refractivity (Wildman–Crippen MR) is 92.9 cm³/mol. The van der Waals surface area contributed by atoms with E-state index in [1.807, 2.05) is 24.4 Å². The zero-order valence-corrected chi connectivity index (χ0v) is 13.7. The molecule has 3 aromatic rings. The van der Waals surface area contributed by atoms with E-state index in [9.17, 15) is 0 Å². The van der Waals surface area contributed by atoms with Gasteiger partial charge in [-0.25, -0.2) is 0 Å². The summed E-state index contributed by atoms with van der Waals surface area (Å²) in [7, 11) is -1.82. The Morgan fingerprint density at radius 1 is 0.818 bits per heavy atom. The number of pyridine rings is 1. The third kappa shape index (κ3) is 1.90. The van der Waals surface area contributed by atoms with Crippen LogP contribution in [-0.4, -0.2) is 13.1 Å². The molecule has 1 aliphatic rings. The number of rotatable bonds is 1. The highest BCUT2D eigenvalue weighted by Crippen LogP contribution is 2.32. The minimum absolute atomic E-state index is 0.985. The SMILES string of the molecule is C[Si]1(C)c2ccccc2Oc2cccc(-c3ccccn3)c21. The molecule has 0 bridgehead atoms. The molecule has 4 rings (SSSR count). The van der Waals surface area contributed by atoms with Crippen LogP contribution in [0.3, 0.4) is 0 Å². The minimum Gasteiger partial charge on any atom is -0.458 e. The van der Waals surface area contributed by atoms with Crippen molar-refractivity contribution in [2.75, 3.05) is 0 Å². The highest BCUT2D eigenvalue weighted by atomic mass is 28.3. The van der Waals surface area contributed by atoms with Gasteiger partial charge < -0.3 is 4.74 Å². The highest BCUT2D eigenvalue weighted by Gasteiger charge is 2.38. The van der Waals surface area contributed by atoms with E-state index in [1.165, 1.54) is 15.9 Å². The molecule has 0 atom stereocenters. The summed E-state index contributed by atoms with van der Waals surface area (Å²) >= 11 is 0. The van der Waals surface area contributed by atoms with Crippen LogP contribution < -0.4 is 15.1 Å². The van der Waals surface area contributed by atoms with E-state index in [4.69, 9.17) is 4.74 Å². The molecule has 1 aliphatic heterocycles. The van der Waals surface area contributed by atoms with Gasteiger partial charge in [-0.1, -0.05) is 49.5 Å². The summed E-state index contributed by atoms with van der Waals surface area (Å²) < 4.78 is 6.18. The Bertz CT molecular complexity index is 843. The van der Waals surface area contributed by atoms with Crippen molar-refractivity contribution >= 4 is 18.4 Å². The Balaban J connectivity index is 1.99. The van der Waals surface area contributed by atoms with Gasteiger partial charge in [-0.2, -0.15) is 0 Å². The van der Waals surface area contributed by atoms with Gasteiger partial charge in [0.25, 0.3) is 0 Å². The second-order valence-electron chi connectivity index (χ2n) is 6.12. The average Bonchev–Trinajstić information content (AvgIpc) is 2.55. The van der Waals surface area contributed by atoms with E-state index in [0.717, 1.165) is 17.2 Å². The molecule has 108 valence electrons. The number of benzene rings is 2. The first kappa shape index (κ1) is 13.3. The molecule has 1 aromatic heterocycles. The lowest BCUT2D eigenvalue weighted by atomic mass is 10.1. The summed E-state index contributed by atoms with van der Waals surface area (Å²) in [5, 5.41) is 2.69. The molecular weight excluding hydrogens is 286 g/mol. The summed E-state index contributed by atoms with van der Waals surface area (Å²) in [4.78, 5) is 4.55. The van der Waals surface area contributed by atoms with Crippen LogP contribution in [0, 0.1) is 0 Å². The number of ether oxygens (including phenoxy) is 1. The molecule has 0 unspecified atom stereocenters. The molecule has 22 heavy (non-hydrogen) atoms. The maximum Gasteiger partial charge on any atom is 0.127 e. The lowest BCUT2D eigenvalue weighted by Gasteiger charge is -2.34. The Kier molecular flexibility index (Phi) is 2.91. The van der Waals surface area contributed by atoms with Gasteiger partial charge in [0.1, 0.15) is 19.6 Å². The van der Waals surface area contributed by atoms with Crippen molar-refractivity contribution < 1.29 is 4.74 Å². The smallest absolute Gasteiger partial charge is 0.127 e. The summed E-state index contributed by atoms with van der Waals surface area (Å²) in [5.74, 6) is 1.99. The van der Waals surface area contributed by atoms with Crippen molar-refractivity contribution in [2.24, 2.45) is 0 Å². The molecule has 0 N–H and O–H groups in total. The zero-order valence-electron chi connectivity index (χ0n) is 12.7. The van der Waals surface area contributed by atoms with Crippen LogP contribution in [0.1, 0.15) is 0 Å².